The van der Waals surface area contributed by atoms with Crippen molar-refractivity contribution >= 4 is 17.6 Å². The van der Waals surface area contributed by atoms with E-state index in [0.717, 1.165) is 6.07 Å². The van der Waals surface area contributed by atoms with E-state index in [1.807, 2.05) is 0 Å². The first-order valence-corrected chi connectivity index (χ1v) is 6.32. The fraction of sp³-hybridized carbons (Fsp3) is 0.0667. The highest BCUT2D eigenvalue weighted by atomic mass is 16.7. The van der Waals surface area contributed by atoms with Crippen molar-refractivity contribution in [2.45, 2.75) is 0 Å². The summed E-state index contributed by atoms with van der Waals surface area (Å²) in [5.74, 6) is -0.919. The maximum absolute atomic E-state index is 12.2. The highest BCUT2D eigenvalue weighted by molar-refractivity contribution is 6.05. The summed E-state index contributed by atoms with van der Waals surface area (Å²) in [6.07, 6.45) is 0. The Morgan fingerprint density at radius 2 is 1.73 bits per heavy atom. The summed E-state index contributed by atoms with van der Waals surface area (Å²) in [5, 5.41) is 21.1. The summed E-state index contributed by atoms with van der Waals surface area (Å²) in [6.45, 7) is 0.109. The van der Waals surface area contributed by atoms with Gasteiger partial charge in [-0.2, -0.15) is 0 Å². The van der Waals surface area contributed by atoms with Crippen LogP contribution in [0.4, 0.5) is 5.69 Å². The molecule has 3 rings (SSSR count). The lowest BCUT2D eigenvalue weighted by Crippen LogP contribution is -2.12. The maximum Gasteiger partial charge on any atom is 0.335 e. The number of aromatic carboxylic acids is 1. The van der Waals surface area contributed by atoms with Crippen molar-refractivity contribution in [1.29, 1.82) is 0 Å². The molecule has 2 aromatic rings. The van der Waals surface area contributed by atoms with Gasteiger partial charge in [0.25, 0.3) is 5.91 Å². The van der Waals surface area contributed by atoms with Gasteiger partial charge in [0, 0.05) is 5.56 Å². The molecule has 0 aromatic heterocycles. The van der Waals surface area contributed by atoms with Crippen LogP contribution in [0.2, 0.25) is 0 Å². The molecule has 1 aliphatic heterocycles. The van der Waals surface area contributed by atoms with Crippen molar-refractivity contribution in [2.75, 3.05) is 12.1 Å². The van der Waals surface area contributed by atoms with Crippen molar-refractivity contribution in [1.82, 2.24) is 0 Å². The third-order valence-electron chi connectivity index (χ3n) is 3.13. The number of fused-ring (bicyclic) bond motifs is 1. The number of hydrogen-bond acceptors (Lipinski definition) is 5. The average molecular weight is 301 g/mol. The number of amides is 1. The number of carbonyl (C=O) groups excluding carboxylic acids is 1. The second-order valence-electron chi connectivity index (χ2n) is 4.56. The minimum absolute atomic E-state index is 0.0708. The molecule has 112 valence electrons. The standard InChI is InChI=1S/C15H11NO6/c17-11-5-9(15(19)20)1-3-10(11)16-14(18)8-2-4-12-13(6-8)22-7-21-12/h1-6,17H,7H2,(H,16,18)(H,19,20). The zero-order chi connectivity index (χ0) is 15.7. The number of anilines is 1. The molecule has 7 heteroatoms. The molecule has 1 heterocycles. The van der Waals surface area contributed by atoms with Gasteiger partial charge in [-0.15, -0.1) is 0 Å². The van der Waals surface area contributed by atoms with Crippen molar-refractivity contribution in [3.63, 3.8) is 0 Å². The highest BCUT2D eigenvalue weighted by Gasteiger charge is 2.17. The van der Waals surface area contributed by atoms with Gasteiger partial charge in [0.15, 0.2) is 11.5 Å². The summed E-state index contributed by atoms with van der Waals surface area (Å²) in [5.41, 5.74) is 0.372. The van der Waals surface area contributed by atoms with E-state index in [-0.39, 0.29) is 23.8 Å². The molecule has 22 heavy (non-hydrogen) atoms. The van der Waals surface area contributed by atoms with Crippen LogP contribution in [0.5, 0.6) is 17.2 Å². The molecular weight excluding hydrogens is 290 g/mol. The van der Waals surface area contributed by atoms with Gasteiger partial charge in [-0.05, 0) is 36.4 Å². The molecule has 7 nitrogen and oxygen atoms in total. The van der Waals surface area contributed by atoms with Gasteiger partial charge >= 0.3 is 5.97 Å². The minimum Gasteiger partial charge on any atom is -0.506 e. The Kier molecular flexibility index (Phi) is 3.30. The molecule has 2 aromatic carbocycles. The molecule has 0 aliphatic carbocycles. The predicted molar refractivity (Wildman–Crippen MR) is 75.6 cm³/mol. The number of nitrogens with one attached hydrogen (secondary N) is 1. The molecule has 1 amide bonds. The molecule has 0 spiro atoms. The van der Waals surface area contributed by atoms with Gasteiger partial charge in [0.1, 0.15) is 5.75 Å². The summed E-state index contributed by atoms with van der Waals surface area (Å²) in [6, 6.07) is 8.38. The zero-order valence-electron chi connectivity index (χ0n) is 11.2. The summed E-state index contributed by atoms with van der Waals surface area (Å²) < 4.78 is 10.3. The molecule has 0 saturated carbocycles. The molecular formula is C15H11NO6. The SMILES string of the molecule is O=C(O)c1ccc(NC(=O)c2ccc3c(c2)OCO3)c(O)c1. The van der Waals surface area contributed by atoms with Crippen LogP contribution in [0, 0.1) is 0 Å². The van der Waals surface area contributed by atoms with Crippen LogP contribution in [0.25, 0.3) is 0 Å². The number of aromatic hydroxyl groups is 1. The number of carboxylic acid groups (broad SMARTS) is 1. The third-order valence-corrected chi connectivity index (χ3v) is 3.13. The average Bonchev–Trinajstić information content (AvgIpc) is 2.96. The second kappa shape index (κ2) is 5.28. The van der Waals surface area contributed by atoms with E-state index in [2.05, 4.69) is 5.32 Å². The largest absolute Gasteiger partial charge is 0.506 e. The summed E-state index contributed by atoms with van der Waals surface area (Å²) in [4.78, 5) is 22.9. The Balaban J connectivity index is 1.81. The Labute approximate surface area is 124 Å². The van der Waals surface area contributed by atoms with E-state index in [9.17, 15) is 14.7 Å². The lowest BCUT2D eigenvalue weighted by molar-refractivity contribution is 0.0696. The fourth-order valence-electron chi connectivity index (χ4n) is 2.00. The Hall–Kier alpha value is -3.22. The van der Waals surface area contributed by atoms with Gasteiger partial charge in [-0.3, -0.25) is 4.79 Å². The van der Waals surface area contributed by atoms with Gasteiger partial charge in [0.2, 0.25) is 6.79 Å². The van der Waals surface area contributed by atoms with Crippen LogP contribution in [-0.2, 0) is 0 Å². The van der Waals surface area contributed by atoms with Crippen LogP contribution in [0.3, 0.4) is 0 Å². The van der Waals surface area contributed by atoms with Gasteiger partial charge in [0.05, 0.1) is 11.3 Å². The van der Waals surface area contributed by atoms with Crippen molar-refractivity contribution in [2.24, 2.45) is 0 Å². The minimum atomic E-state index is -1.16. The number of rotatable bonds is 3. The normalized spacial score (nSPS) is 12.0. The second-order valence-corrected chi connectivity index (χ2v) is 4.56. The molecule has 3 N–H and O–H groups in total. The van der Waals surface area contributed by atoms with Crippen LogP contribution < -0.4 is 14.8 Å². The Morgan fingerprint density at radius 3 is 2.45 bits per heavy atom. The number of hydrogen-bond donors (Lipinski definition) is 3. The van der Waals surface area contributed by atoms with E-state index < -0.39 is 11.9 Å². The lowest BCUT2D eigenvalue weighted by Gasteiger charge is -2.08. The van der Waals surface area contributed by atoms with E-state index in [4.69, 9.17) is 14.6 Å². The fourth-order valence-corrected chi connectivity index (χ4v) is 2.00. The summed E-state index contributed by atoms with van der Waals surface area (Å²) in [7, 11) is 0. The number of phenolic OH excluding ortho intramolecular Hbond substituents is 1. The summed E-state index contributed by atoms with van der Waals surface area (Å²) >= 11 is 0. The number of carbonyl (C=O) groups is 2. The molecule has 0 unspecified atom stereocenters. The molecule has 0 saturated heterocycles. The number of benzene rings is 2. The first-order chi connectivity index (χ1) is 10.5. The monoisotopic (exact) mass is 301 g/mol. The number of phenols is 1. The first kappa shape index (κ1) is 13.7. The third kappa shape index (κ3) is 2.51. The number of carboxylic acids is 1. The van der Waals surface area contributed by atoms with Crippen molar-refractivity contribution in [3.8, 4) is 17.2 Å². The Bertz CT molecular complexity index is 771. The zero-order valence-corrected chi connectivity index (χ0v) is 11.2. The van der Waals surface area contributed by atoms with Gasteiger partial charge < -0.3 is 25.0 Å². The Morgan fingerprint density at radius 1 is 1.00 bits per heavy atom. The quantitative estimate of drug-likeness (QED) is 0.750. The topological polar surface area (TPSA) is 105 Å². The van der Waals surface area contributed by atoms with E-state index in [1.165, 1.54) is 18.2 Å². The lowest BCUT2D eigenvalue weighted by atomic mass is 10.1. The van der Waals surface area contributed by atoms with Crippen LogP contribution >= 0.6 is 0 Å². The van der Waals surface area contributed by atoms with E-state index >= 15 is 0 Å². The van der Waals surface area contributed by atoms with Crippen molar-refractivity contribution < 1.29 is 29.3 Å². The smallest absolute Gasteiger partial charge is 0.335 e. The van der Waals surface area contributed by atoms with Crippen LogP contribution in [-0.4, -0.2) is 28.9 Å². The van der Waals surface area contributed by atoms with E-state index in [1.54, 1.807) is 12.1 Å². The highest BCUT2D eigenvalue weighted by Crippen LogP contribution is 2.33. The van der Waals surface area contributed by atoms with Gasteiger partial charge in [-0.25, -0.2) is 4.79 Å². The molecule has 0 bridgehead atoms. The molecule has 0 fully saturated rings. The predicted octanol–water partition coefficient (Wildman–Crippen LogP) is 2.07. The van der Waals surface area contributed by atoms with Crippen LogP contribution in [0.1, 0.15) is 20.7 Å². The van der Waals surface area contributed by atoms with Crippen molar-refractivity contribution in [3.05, 3.63) is 47.5 Å². The maximum atomic E-state index is 12.2. The first-order valence-electron chi connectivity index (χ1n) is 6.32. The number of ether oxygens (including phenoxy) is 2. The molecule has 1 aliphatic rings. The van der Waals surface area contributed by atoms with Crippen LogP contribution in [0.15, 0.2) is 36.4 Å². The molecule has 0 radical (unpaired) electrons. The van der Waals surface area contributed by atoms with E-state index in [0.29, 0.717) is 17.1 Å². The molecule has 0 atom stereocenters. The van der Waals surface area contributed by atoms with Gasteiger partial charge in [-0.1, -0.05) is 0 Å².